The number of nitrogens with two attached hydrogens (primary N) is 1. The predicted molar refractivity (Wildman–Crippen MR) is 96.2 cm³/mol. The van der Waals surface area contributed by atoms with Gasteiger partial charge in [0.1, 0.15) is 23.1 Å². The van der Waals surface area contributed by atoms with Crippen molar-refractivity contribution in [2.45, 2.75) is 12.8 Å². The smallest absolute Gasteiger partial charge is 0.151 e. The molecule has 24 heavy (non-hydrogen) atoms. The van der Waals surface area contributed by atoms with Gasteiger partial charge in [-0.15, -0.1) is 0 Å². The quantitative estimate of drug-likeness (QED) is 0.799. The van der Waals surface area contributed by atoms with Crippen LogP contribution in [0.5, 0.6) is 5.75 Å². The molecule has 0 aliphatic heterocycles. The number of anilines is 1. The van der Waals surface area contributed by atoms with Crippen molar-refractivity contribution in [1.82, 2.24) is 14.5 Å². The number of ether oxygens (including phenoxy) is 1. The fraction of sp³-hybridized carbons (Fsp3) is 0.158. The first kappa shape index (κ1) is 14.5. The maximum absolute atomic E-state index is 6.17. The largest absolute Gasteiger partial charge is 0.497 e. The van der Waals surface area contributed by atoms with Gasteiger partial charge in [-0.3, -0.25) is 0 Å². The van der Waals surface area contributed by atoms with Crippen LogP contribution in [-0.4, -0.2) is 21.6 Å². The second-order valence-corrected chi connectivity index (χ2v) is 5.73. The van der Waals surface area contributed by atoms with Gasteiger partial charge in [-0.05, 0) is 30.5 Å². The standard InChI is InChI=1S/C19H18N4O/c1-24-15-9-5-8-14(10-15)23-11-16(13-6-3-2-4-7-13)17-18(23)19(20)22-12-21-17/h2-3,5-6,8-12H,4,7H2,1H3,(H2,20,21,22). The molecule has 1 aromatic carbocycles. The minimum atomic E-state index is 0.473. The van der Waals surface area contributed by atoms with Crippen LogP contribution in [0.1, 0.15) is 18.4 Å². The summed E-state index contributed by atoms with van der Waals surface area (Å²) in [5.74, 6) is 1.27. The molecule has 1 aliphatic rings. The van der Waals surface area contributed by atoms with Crippen LogP contribution in [0.3, 0.4) is 0 Å². The van der Waals surface area contributed by atoms with E-state index in [1.807, 2.05) is 28.8 Å². The zero-order chi connectivity index (χ0) is 16.5. The number of methoxy groups -OCH3 is 1. The number of fused-ring (bicyclic) bond motifs is 1. The van der Waals surface area contributed by atoms with Crippen LogP contribution in [-0.2, 0) is 0 Å². The molecule has 0 amide bonds. The molecular weight excluding hydrogens is 300 g/mol. The molecule has 5 heteroatoms. The highest BCUT2D eigenvalue weighted by Gasteiger charge is 2.17. The lowest BCUT2D eigenvalue weighted by molar-refractivity contribution is 0.414. The van der Waals surface area contributed by atoms with Crippen LogP contribution < -0.4 is 10.5 Å². The van der Waals surface area contributed by atoms with Crippen LogP contribution in [0.25, 0.3) is 22.3 Å². The van der Waals surface area contributed by atoms with Crippen molar-refractivity contribution < 1.29 is 4.74 Å². The zero-order valence-corrected chi connectivity index (χ0v) is 13.4. The summed E-state index contributed by atoms with van der Waals surface area (Å²) < 4.78 is 7.39. The van der Waals surface area contributed by atoms with Crippen LogP contribution in [0, 0.1) is 0 Å². The second kappa shape index (κ2) is 5.85. The molecule has 5 nitrogen and oxygen atoms in total. The highest BCUT2D eigenvalue weighted by molar-refractivity contribution is 5.96. The number of nitrogens with zero attached hydrogens (tertiary/aromatic N) is 3. The molecule has 2 heterocycles. The van der Waals surface area contributed by atoms with E-state index >= 15 is 0 Å². The summed E-state index contributed by atoms with van der Waals surface area (Å²) in [5.41, 5.74) is 11.2. The van der Waals surface area contributed by atoms with Crippen molar-refractivity contribution in [3.05, 3.63) is 60.6 Å². The Kier molecular flexibility index (Phi) is 3.54. The third-order valence-electron chi connectivity index (χ3n) is 4.30. The van der Waals surface area contributed by atoms with Crippen molar-refractivity contribution in [2.24, 2.45) is 0 Å². The van der Waals surface area contributed by atoms with E-state index in [9.17, 15) is 0 Å². The molecule has 0 radical (unpaired) electrons. The molecule has 0 spiro atoms. The molecule has 2 N–H and O–H groups in total. The first-order chi connectivity index (χ1) is 11.8. The summed E-state index contributed by atoms with van der Waals surface area (Å²) in [5, 5.41) is 0. The van der Waals surface area contributed by atoms with E-state index in [1.165, 1.54) is 11.9 Å². The van der Waals surface area contributed by atoms with E-state index in [4.69, 9.17) is 10.5 Å². The van der Waals surface area contributed by atoms with Crippen molar-refractivity contribution >= 4 is 22.4 Å². The van der Waals surface area contributed by atoms with Gasteiger partial charge in [0.25, 0.3) is 0 Å². The van der Waals surface area contributed by atoms with Crippen molar-refractivity contribution in [2.75, 3.05) is 12.8 Å². The molecule has 0 unspecified atom stereocenters. The van der Waals surface area contributed by atoms with Gasteiger partial charge in [-0.2, -0.15) is 0 Å². The van der Waals surface area contributed by atoms with Gasteiger partial charge < -0.3 is 15.0 Å². The van der Waals surface area contributed by atoms with Crippen LogP contribution in [0.4, 0.5) is 5.82 Å². The van der Waals surface area contributed by atoms with Gasteiger partial charge in [0.2, 0.25) is 0 Å². The lowest BCUT2D eigenvalue weighted by Gasteiger charge is -2.08. The average molecular weight is 318 g/mol. The Morgan fingerprint density at radius 1 is 1.25 bits per heavy atom. The second-order valence-electron chi connectivity index (χ2n) is 5.73. The Labute approximate surface area is 140 Å². The minimum absolute atomic E-state index is 0.473. The molecule has 0 saturated carbocycles. The molecule has 1 aliphatic carbocycles. The fourth-order valence-electron chi connectivity index (χ4n) is 3.11. The van der Waals surface area contributed by atoms with E-state index in [2.05, 4.69) is 34.4 Å². The van der Waals surface area contributed by atoms with Gasteiger partial charge in [0.05, 0.1) is 7.11 Å². The van der Waals surface area contributed by atoms with E-state index in [0.717, 1.165) is 40.9 Å². The number of aromatic nitrogens is 3. The van der Waals surface area contributed by atoms with Gasteiger partial charge in [0, 0.05) is 23.5 Å². The summed E-state index contributed by atoms with van der Waals surface area (Å²) in [6, 6.07) is 7.88. The summed E-state index contributed by atoms with van der Waals surface area (Å²) in [7, 11) is 1.66. The molecule has 0 bridgehead atoms. The first-order valence-electron chi connectivity index (χ1n) is 7.90. The third-order valence-corrected chi connectivity index (χ3v) is 4.30. The lowest BCUT2D eigenvalue weighted by atomic mass is 9.99. The number of hydrogen-bond donors (Lipinski definition) is 1. The number of nitrogen functional groups attached to an aromatic ring is 1. The number of benzene rings is 1. The monoisotopic (exact) mass is 318 g/mol. The fourth-order valence-corrected chi connectivity index (χ4v) is 3.11. The summed E-state index contributed by atoms with van der Waals surface area (Å²) in [4.78, 5) is 8.67. The zero-order valence-electron chi connectivity index (χ0n) is 13.4. The van der Waals surface area contributed by atoms with Crippen molar-refractivity contribution in [3.8, 4) is 11.4 Å². The Morgan fingerprint density at radius 3 is 2.96 bits per heavy atom. The van der Waals surface area contributed by atoms with Crippen LogP contribution in [0.2, 0.25) is 0 Å². The molecule has 2 aromatic heterocycles. The number of allylic oxidation sites excluding steroid dienone is 4. The molecule has 0 atom stereocenters. The molecule has 0 fully saturated rings. The maximum atomic E-state index is 6.17. The maximum Gasteiger partial charge on any atom is 0.151 e. The van der Waals surface area contributed by atoms with Crippen LogP contribution >= 0.6 is 0 Å². The molecule has 4 rings (SSSR count). The number of rotatable bonds is 3. The van der Waals surface area contributed by atoms with E-state index in [0.29, 0.717) is 5.82 Å². The average Bonchev–Trinajstić information content (AvgIpc) is 3.04. The topological polar surface area (TPSA) is 66.0 Å². The molecule has 3 aromatic rings. The minimum Gasteiger partial charge on any atom is -0.497 e. The van der Waals surface area contributed by atoms with Gasteiger partial charge in [-0.1, -0.05) is 24.3 Å². The third kappa shape index (κ3) is 2.34. The SMILES string of the molecule is COc1cccc(-n2cc(C3=CC=CCC3)c3ncnc(N)c32)c1. The Hall–Kier alpha value is -3.08. The first-order valence-corrected chi connectivity index (χ1v) is 7.90. The van der Waals surface area contributed by atoms with Gasteiger partial charge in [0.15, 0.2) is 5.82 Å². The van der Waals surface area contributed by atoms with Gasteiger partial charge >= 0.3 is 0 Å². The highest BCUT2D eigenvalue weighted by Crippen LogP contribution is 2.34. The van der Waals surface area contributed by atoms with Crippen molar-refractivity contribution in [1.29, 1.82) is 0 Å². The Balaban J connectivity index is 1.98. The van der Waals surface area contributed by atoms with Gasteiger partial charge in [-0.25, -0.2) is 9.97 Å². The highest BCUT2D eigenvalue weighted by atomic mass is 16.5. The summed E-state index contributed by atoms with van der Waals surface area (Å²) in [6.45, 7) is 0. The van der Waals surface area contributed by atoms with E-state index < -0.39 is 0 Å². The molecule has 0 saturated heterocycles. The predicted octanol–water partition coefficient (Wildman–Crippen LogP) is 3.74. The molecular formula is C19H18N4O. The summed E-state index contributed by atoms with van der Waals surface area (Å²) >= 11 is 0. The summed E-state index contributed by atoms with van der Waals surface area (Å²) in [6.07, 6.45) is 12.1. The molecule has 120 valence electrons. The lowest BCUT2D eigenvalue weighted by Crippen LogP contribution is -1.99. The normalized spacial score (nSPS) is 14.0. The Bertz CT molecular complexity index is 969. The van der Waals surface area contributed by atoms with Crippen molar-refractivity contribution in [3.63, 3.8) is 0 Å². The van der Waals surface area contributed by atoms with Crippen LogP contribution in [0.15, 0.2) is 55.0 Å². The van der Waals surface area contributed by atoms with E-state index in [1.54, 1.807) is 7.11 Å². The Morgan fingerprint density at radius 2 is 2.17 bits per heavy atom. The number of hydrogen-bond acceptors (Lipinski definition) is 4. The van der Waals surface area contributed by atoms with E-state index in [-0.39, 0.29) is 0 Å².